The SMILES string of the molecule is CCCCCc1cc(O)c2c(c1)OC(C)(C)[C@@H]1CCC(C)=C3C[C@]321. The first-order chi connectivity index (χ1) is 11.4. The molecule has 1 saturated carbocycles. The van der Waals surface area contributed by atoms with E-state index in [4.69, 9.17) is 4.74 Å². The summed E-state index contributed by atoms with van der Waals surface area (Å²) in [6.07, 6.45) is 8.12. The number of ether oxygens (including phenoxy) is 1. The summed E-state index contributed by atoms with van der Waals surface area (Å²) in [4.78, 5) is 0. The molecule has 0 radical (unpaired) electrons. The minimum Gasteiger partial charge on any atom is -0.507 e. The van der Waals surface area contributed by atoms with Gasteiger partial charge in [-0.15, -0.1) is 0 Å². The second kappa shape index (κ2) is 5.28. The number of unbranched alkanes of at least 4 members (excludes halogenated alkanes) is 2. The van der Waals surface area contributed by atoms with Crippen molar-refractivity contribution >= 4 is 0 Å². The van der Waals surface area contributed by atoms with Crippen molar-refractivity contribution in [3.8, 4) is 11.5 Å². The van der Waals surface area contributed by atoms with Gasteiger partial charge in [0, 0.05) is 16.9 Å². The molecule has 24 heavy (non-hydrogen) atoms. The fourth-order valence-electron chi connectivity index (χ4n) is 5.48. The Balaban J connectivity index is 1.79. The van der Waals surface area contributed by atoms with Gasteiger partial charge in [0.1, 0.15) is 17.1 Å². The maximum atomic E-state index is 10.9. The molecule has 1 fully saturated rings. The average Bonchev–Trinajstić information content (AvgIpc) is 3.22. The molecule has 1 aliphatic heterocycles. The van der Waals surface area contributed by atoms with Crippen LogP contribution >= 0.6 is 0 Å². The van der Waals surface area contributed by atoms with E-state index >= 15 is 0 Å². The zero-order valence-corrected chi connectivity index (χ0v) is 15.5. The van der Waals surface area contributed by atoms with Crippen LogP contribution in [0.3, 0.4) is 0 Å². The Hall–Kier alpha value is -1.44. The Morgan fingerprint density at radius 2 is 2.04 bits per heavy atom. The molecule has 2 atom stereocenters. The number of phenols is 1. The van der Waals surface area contributed by atoms with Crippen LogP contribution in [-0.4, -0.2) is 10.7 Å². The van der Waals surface area contributed by atoms with Crippen LogP contribution < -0.4 is 4.74 Å². The monoisotopic (exact) mass is 326 g/mol. The van der Waals surface area contributed by atoms with E-state index in [-0.39, 0.29) is 11.0 Å². The van der Waals surface area contributed by atoms with E-state index in [9.17, 15) is 5.11 Å². The molecule has 1 aromatic carbocycles. The highest BCUT2D eigenvalue weighted by Gasteiger charge is 2.66. The van der Waals surface area contributed by atoms with Crippen LogP contribution in [0, 0.1) is 5.92 Å². The number of allylic oxidation sites excluding steroid dienone is 2. The Labute approximate surface area is 145 Å². The zero-order chi connectivity index (χ0) is 17.1. The molecule has 0 amide bonds. The van der Waals surface area contributed by atoms with Crippen LogP contribution in [0.4, 0.5) is 0 Å². The summed E-state index contributed by atoms with van der Waals surface area (Å²) in [5.41, 5.74) is 5.31. The van der Waals surface area contributed by atoms with Gasteiger partial charge in [-0.3, -0.25) is 0 Å². The molecule has 0 bridgehead atoms. The molecule has 0 unspecified atom stereocenters. The lowest BCUT2D eigenvalue weighted by Gasteiger charge is -2.47. The topological polar surface area (TPSA) is 29.5 Å². The van der Waals surface area contributed by atoms with Gasteiger partial charge in [0.2, 0.25) is 0 Å². The number of aryl methyl sites for hydroxylation is 1. The number of aromatic hydroxyl groups is 1. The Morgan fingerprint density at radius 1 is 1.25 bits per heavy atom. The third-order valence-corrected chi connectivity index (χ3v) is 6.66. The number of fused-ring (bicyclic) bond motifs is 1. The lowest BCUT2D eigenvalue weighted by Crippen LogP contribution is -2.49. The molecule has 2 nitrogen and oxygen atoms in total. The van der Waals surface area contributed by atoms with E-state index in [1.807, 2.05) is 6.07 Å². The molecule has 2 heteroatoms. The van der Waals surface area contributed by atoms with E-state index in [1.54, 1.807) is 11.1 Å². The van der Waals surface area contributed by atoms with Gasteiger partial charge >= 0.3 is 0 Å². The molecule has 1 heterocycles. The van der Waals surface area contributed by atoms with Crippen LogP contribution in [0.15, 0.2) is 23.3 Å². The lowest BCUT2D eigenvalue weighted by atomic mass is 9.66. The molecule has 4 rings (SSSR count). The summed E-state index contributed by atoms with van der Waals surface area (Å²) in [7, 11) is 0. The number of benzene rings is 1. The summed E-state index contributed by atoms with van der Waals surface area (Å²) in [6, 6.07) is 4.21. The van der Waals surface area contributed by atoms with Crippen molar-refractivity contribution < 1.29 is 9.84 Å². The minimum absolute atomic E-state index is 0.0610. The maximum absolute atomic E-state index is 10.9. The molecule has 130 valence electrons. The van der Waals surface area contributed by atoms with Crippen molar-refractivity contribution in [2.45, 2.75) is 83.7 Å². The van der Waals surface area contributed by atoms with Gasteiger partial charge in [0.15, 0.2) is 0 Å². The van der Waals surface area contributed by atoms with E-state index < -0.39 is 0 Å². The Morgan fingerprint density at radius 3 is 2.79 bits per heavy atom. The van der Waals surface area contributed by atoms with E-state index in [0.717, 1.165) is 24.2 Å². The number of rotatable bonds is 4. The second-order valence-corrected chi connectivity index (χ2v) is 8.65. The van der Waals surface area contributed by atoms with Crippen molar-refractivity contribution in [1.29, 1.82) is 0 Å². The molecular formula is C22H30O2. The molecule has 3 aliphatic rings. The van der Waals surface area contributed by atoms with Crippen molar-refractivity contribution in [2.75, 3.05) is 0 Å². The third kappa shape index (κ3) is 2.14. The molecule has 1 spiro atoms. The quantitative estimate of drug-likeness (QED) is 0.571. The fourth-order valence-corrected chi connectivity index (χ4v) is 5.48. The molecule has 1 N–H and O–H groups in total. The van der Waals surface area contributed by atoms with Crippen molar-refractivity contribution in [1.82, 2.24) is 0 Å². The van der Waals surface area contributed by atoms with Gasteiger partial charge in [-0.1, -0.05) is 30.9 Å². The van der Waals surface area contributed by atoms with Gasteiger partial charge in [0.05, 0.1) is 0 Å². The van der Waals surface area contributed by atoms with Crippen LogP contribution in [0.1, 0.15) is 77.3 Å². The normalized spacial score (nSPS) is 29.4. The van der Waals surface area contributed by atoms with Crippen LogP contribution in [0.25, 0.3) is 0 Å². The number of phenolic OH excluding ortho intramolecular Hbond substituents is 1. The van der Waals surface area contributed by atoms with Crippen molar-refractivity contribution in [3.63, 3.8) is 0 Å². The smallest absolute Gasteiger partial charge is 0.128 e. The molecule has 0 saturated heterocycles. The summed E-state index contributed by atoms with van der Waals surface area (Å²) in [6.45, 7) is 8.97. The van der Waals surface area contributed by atoms with Crippen LogP contribution in [-0.2, 0) is 11.8 Å². The highest BCUT2D eigenvalue weighted by molar-refractivity contribution is 5.66. The third-order valence-electron chi connectivity index (χ3n) is 6.66. The first-order valence-electron chi connectivity index (χ1n) is 9.64. The molecule has 0 aromatic heterocycles. The summed E-state index contributed by atoms with van der Waals surface area (Å²) >= 11 is 0. The predicted molar refractivity (Wildman–Crippen MR) is 97.8 cm³/mol. The standard InChI is InChI=1S/C22H30O2/c1-5-6-7-8-15-11-17(23)20-18(12-15)24-21(3,4)19-10-9-14(2)16-13-22(16,19)20/h11-12,19,23H,5-10,13H2,1-4H3/t19-,22+/m0/s1. The second-order valence-electron chi connectivity index (χ2n) is 8.65. The van der Waals surface area contributed by atoms with E-state index in [2.05, 4.69) is 33.8 Å². The maximum Gasteiger partial charge on any atom is 0.128 e. The minimum atomic E-state index is -0.163. The van der Waals surface area contributed by atoms with Crippen molar-refractivity contribution in [2.24, 2.45) is 5.92 Å². The van der Waals surface area contributed by atoms with Crippen LogP contribution in [0.5, 0.6) is 11.5 Å². The van der Waals surface area contributed by atoms with Gasteiger partial charge < -0.3 is 9.84 Å². The van der Waals surface area contributed by atoms with Gasteiger partial charge in [0.25, 0.3) is 0 Å². The summed E-state index contributed by atoms with van der Waals surface area (Å²) in [5, 5.41) is 10.9. The summed E-state index contributed by atoms with van der Waals surface area (Å²) < 4.78 is 6.46. The fraction of sp³-hybridized carbons (Fsp3) is 0.636. The first-order valence-corrected chi connectivity index (χ1v) is 9.64. The van der Waals surface area contributed by atoms with Gasteiger partial charge in [-0.25, -0.2) is 0 Å². The predicted octanol–water partition coefficient (Wildman–Crippen LogP) is 5.66. The number of hydrogen-bond donors (Lipinski definition) is 1. The van der Waals surface area contributed by atoms with E-state index in [0.29, 0.717) is 11.7 Å². The van der Waals surface area contributed by atoms with Crippen LogP contribution in [0.2, 0.25) is 0 Å². The van der Waals surface area contributed by atoms with Gasteiger partial charge in [-0.05, 0) is 70.6 Å². The molecule has 2 aliphatic carbocycles. The van der Waals surface area contributed by atoms with Crippen molar-refractivity contribution in [3.05, 3.63) is 34.4 Å². The van der Waals surface area contributed by atoms with E-state index in [1.165, 1.54) is 37.7 Å². The lowest BCUT2D eigenvalue weighted by molar-refractivity contribution is -0.00107. The highest BCUT2D eigenvalue weighted by Crippen LogP contribution is 2.71. The molecule has 1 aromatic rings. The Bertz CT molecular complexity index is 713. The largest absolute Gasteiger partial charge is 0.507 e. The summed E-state index contributed by atoms with van der Waals surface area (Å²) in [5.74, 6) is 1.88. The zero-order valence-electron chi connectivity index (χ0n) is 15.5. The first kappa shape index (κ1) is 16.1. The highest BCUT2D eigenvalue weighted by atomic mass is 16.5. The molecular weight excluding hydrogens is 296 g/mol. The number of hydrogen-bond acceptors (Lipinski definition) is 2. The Kier molecular flexibility index (Phi) is 3.53. The van der Waals surface area contributed by atoms with Gasteiger partial charge in [-0.2, -0.15) is 0 Å². The average molecular weight is 326 g/mol.